The van der Waals surface area contributed by atoms with Gasteiger partial charge >= 0.3 is 0 Å². The van der Waals surface area contributed by atoms with E-state index in [-0.39, 0.29) is 11.3 Å². The summed E-state index contributed by atoms with van der Waals surface area (Å²) in [6.07, 6.45) is 5.19. The predicted octanol–water partition coefficient (Wildman–Crippen LogP) is 1.24. The summed E-state index contributed by atoms with van der Waals surface area (Å²) >= 11 is 1.27. The molecule has 0 amide bonds. The smallest absolute Gasteiger partial charge is 0.298 e. The van der Waals surface area contributed by atoms with E-state index in [1.54, 1.807) is 18.4 Å². The summed E-state index contributed by atoms with van der Waals surface area (Å²) in [5.41, 5.74) is 0.844. The van der Waals surface area contributed by atoms with Gasteiger partial charge in [-0.3, -0.25) is 4.79 Å². The van der Waals surface area contributed by atoms with Crippen molar-refractivity contribution in [1.29, 1.82) is 0 Å². The first-order chi connectivity index (χ1) is 8.72. The van der Waals surface area contributed by atoms with Crippen molar-refractivity contribution >= 4 is 23.9 Å². The predicted molar refractivity (Wildman–Crippen MR) is 73.6 cm³/mol. The summed E-state index contributed by atoms with van der Waals surface area (Å²) in [6.45, 7) is 0. The fourth-order valence-corrected chi connectivity index (χ4v) is 1.78. The van der Waals surface area contributed by atoms with Crippen LogP contribution in [-0.2, 0) is 0 Å². The van der Waals surface area contributed by atoms with Crippen LogP contribution in [0.25, 0.3) is 12.2 Å². The number of aromatic nitrogens is 3. The number of benzene rings is 1. The molecule has 0 bridgehead atoms. The van der Waals surface area contributed by atoms with Gasteiger partial charge in [0.2, 0.25) is 5.16 Å². The largest absolute Gasteiger partial charge is 0.334 e. The van der Waals surface area contributed by atoms with Crippen LogP contribution in [0.5, 0.6) is 0 Å². The molecule has 0 saturated heterocycles. The van der Waals surface area contributed by atoms with Gasteiger partial charge in [0.15, 0.2) is 5.69 Å². The average Bonchev–Trinajstić information content (AvgIpc) is 2.42. The zero-order valence-electron chi connectivity index (χ0n) is 9.78. The summed E-state index contributed by atoms with van der Waals surface area (Å²) in [7, 11) is 0. The van der Waals surface area contributed by atoms with Crippen LogP contribution in [0.15, 0.2) is 40.3 Å². The molecular formula is C12H12N4OS. The van der Waals surface area contributed by atoms with E-state index in [9.17, 15) is 4.79 Å². The van der Waals surface area contributed by atoms with Gasteiger partial charge in [0.05, 0.1) is 0 Å². The molecule has 18 heavy (non-hydrogen) atoms. The molecular weight excluding hydrogens is 248 g/mol. The summed E-state index contributed by atoms with van der Waals surface area (Å²) in [4.78, 5) is 11.8. The molecule has 0 aliphatic rings. The fourth-order valence-electron chi connectivity index (χ4n) is 1.38. The molecule has 0 fully saturated rings. The van der Waals surface area contributed by atoms with Crippen molar-refractivity contribution in [3.05, 3.63) is 51.9 Å². The highest BCUT2D eigenvalue weighted by Crippen LogP contribution is 2.06. The van der Waals surface area contributed by atoms with E-state index in [0.717, 1.165) is 10.2 Å². The van der Waals surface area contributed by atoms with Crippen molar-refractivity contribution in [3.8, 4) is 0 Å². The summed E-state index contributed by atoms with van der Waals surface area (Å²) < 4.78 is 1.00. The van der Waals surface area contributed by atoms with E-state index in [1.165, 1.54) is 11.8 Å². The Morgan fingerprint density at radius 1 is 1.22 bits per heavy atom. The van der Waals surface area contributed by atoms with Gasteiger partial charge in [-0.1, -0.05) is 48.2 Å². The van der Waals surface area contributed by atoms with Crippen molar-refractivity contribution in [3.63, 3.8) is 0 Å². The maximum absolute atomic E-state index is 11.8. The second kappa shape index (κ2) is 5.50. The van der Waals surface area contributed by atoms with Gasteiger partial charge in [0.1, 0.15) is 0 Å². The number of thioether (sulfide) groups is 1. The molecule has 1 aromatic heterocycles. The van der Waals surface area contributed by atoms with E-state index >= 15 is 0 Å². The minimum Gasteiger partial charge on any atom is -0.334 e. The normalized spacial score (nSPS) is 10.9. The lowest BCUT2D eigenvalue weighted by Gasteiger charge is -2.02. The Balaban J connectivity index is 2.34. The zero-order valence-corrected chi connectivity index (χ0v) is 10.6. The molecule has 2 aromatic rings. The van der Waals surface area contributed by atoms with Crippen LogP contribution in [0, 0.1) is 0 Å². The molecule has 2 rings (SSSR count). The highest BCUT2D eigenvalue weighted by molar-refractivity contribution is 7.98. The Hall–Kier alpha value is -2.08. The van der Waals surface area contributed by atoms with Gasteiger partial charge in [0, 0.05) is 0 Å². The van der Waals surface area contributed by atoms with Crippen LogP contribution in [0.2, 0.25) is 0 Å². The number of nitrogens with two attached hydrogens (primary N) is 1. The molecule has 0 atom stereocenters. The maximum Gasteiger partial charge on any atom is 0.298 e. The van der Waals surface area contributed by atoms with E-state index in [1.807, 2.05) is 30.3 Å². The molecule has 0 aliphatic heterocycles. The van der Waals surface area contributed by atoms with Crippen molar-refractivity contribution in [2.24, 2.45) is 0 Å². The average molecular weight is 260 g/mol. The molecule has 5 nitrogen and oxygen atoms in total. The Morgan fingerprint density at radius 3 is 2.61 bits per heavy atom. The molecule has 0 saturated carbocycles. The molecule has 0 unspecified atom stereocenters. The molecule has 0 radical (unpaired) electrons. The van der Waals surface area contributed by atoms with Gasteiger partial charge in [-0.25, -0.2) is 0 Å². The molecule has 92 valence electrons. The minimum atomic E-state index is -0.360. The van der Waals surface area contributed by atoms with E-state index in [4.69, 9.17) is 5.84 Å². The van der Waals surface area contributed by atoms with Gasteiger partial charge in [-0.15, -0.1) is 10.2 Å². The van der Waals surface area contributed by atoms with Gasteiger partial charge < -0.3 is 5.84 Å². The van der Waals surface area contributed by atoms with Crippen LogP contribution in [0.4, 0.5) is 0 Å². The number of hydrogen-bond donors (Lipinski definition) is 1. The van der Waals surface area contributed by atoms with Gasteiger partial charge in [-0.05, 0) is 17.9 Å². The monoisotopic (exact) mass is 260 g/mol. The Labute approximate surface area is 108 Å². The lowest BCUT2D eigenvalue weighted by molar-refractivity contribution is 0.695. The lowest BCUT2D eigenvalue weighted by atomic mass is 10.2. The van der Waals surface area contributed by atoms with Crippen LogP contribution < -0.4 is 11.4 Å². The first-order valence-electron chi connectivity index (χ1n) is 5.24. The second-order valence-corrected chi connectivity index (χ2v) is 4.26. The van der Waals surface area contributed by atoms with Gasteiger partial charge in [0.25, 0.3) is 5.56 Å². The van der Waals surface area contributed by atoms with Crippen LogP contribution in [0.3, 0.4) is 0 Å². The molecule has 2 N–H and O–H groups in total. The summed E-state index contributed by atoms with van der Waals surface area (Å²) in [5.74, 6) is 5.61. The minimum absolute atomic E-state index is 0.221. The van der Waals surface area contributed by atoms with E-state index in [0.29, 0.717) is 5.16 Å². The summed E-state index contributed by atoms with van der Waals surface area (Å²) in [5, 5.41) is 8.11. The third-order valence-corrected chi connectivity index (χ3v) is 2.95. The Kier molecular flexibility index (Phi) is 3.78. The maximum atomic E-state index is 11.8. The first-order valence-corrected chi connectivity index (χ1v) is 6.47. The Morgan fingerprint density at radius 2 is 1.94 bits per heavy atom. The number of rotatable bonds is 3. The zero-order chi connectivity index (χ0) is 13.0. The fraction of sp³-hybridized carbons (Fsp3) is 0.0833. The van der Waals surface area contributed by atoms with Crippen molar-refractivity contribution in [2.75, 3.05) is 12.1 Å². The molecule has 0 spiro atoms. The topological polar surface area (TPSA) is 73.8 Å². The number of hydrogen-bond acceptors (Lipinski definition) is 5. The van der Waals surface area contributed by atoms with Crippen LogP contribution in [-0.4, -0.2) is 21.1 Å². The molecule has 1 heterocycles. The molecule has 1 aromatic carbocycles. The number of nitrogens with zero attached hydrogens (tertiary/aromatic N) is 3. The highest BCUT2D eigenvalue weighted by atomic mass is 32.2. The summed E-state index contributed by atoms with van der Waals surface area (Å²) in [6, 6.07) is 9.63. The van der Waals surface area contributed by atoms with Gasteiger partial charge in [-0.2, -0.15) is 4.68 Å². The Bertz CT molecular complexity index is 622. The van der Waals surface area contributed by atoms with Crippen LogP contribution >= 0.6 is 11.8 Å². The third kappa shape index (κ3) is 2.60. The SMILES string of the molecule is CSc1nnc(C=Cc2ccccc2)c(=O)n1N. The van der Waals surface area contributed by atoms with Crippen LogP contribution in [0.1, 0.15) is 11.3 Å². The lowest BCUT2D eigenvalue weighted by Crippen LogP contribution is -2.32. The number of nitrogen functional groups attached to an aromatic ring is 1. The third-order valence-electron chi connectivity index (χ3n) is 2.30. The molecule has 0 aliphatic carbocycles. The van der Waals surface area contributed by atoms with Crippen molar-refractivity contribution < 1.29 is 0 Å². The van der Waals surface area contributed by atoms with E-state index < -0.39 is 0 Å². The first kappa shape index (κ1) is 12.4. The quantitative estimate of drug-likeness (QED) is 0.664. The second-order valence-electron chi connectivity index (χ2n) is 3.49. The van der Waals surface area contributed by atoms with Crippen molar-refractivity contribution in [1.82, 2.24) is 14.9 Å². The highest BCUT2D eigenvalue weighted by Gasteiger charge is 2.06. The van der Waals surface area contributed by atoms with Crippen molar-refractivity contribution in [2.45, 2.75) is 5.16 Å². The van der Waals surface area contributed by atoms with E-state index in [2.05, 4.69) is 10.2 Å². The molecule has 6 heteroatoms. The standard InChI is InChI=1S/C12H12N4OS/c1-18-12-15-14-10(11(17)16(12)13)8-7-9-5-3-2-4-6-9/h2-8H,13H2,1H3.